The predicted octanol–water partition coefficient (Wildman–Crippen LogP) is 5.05. The van der Waals surface area contributed by atoms with Gasteiger partial charge in [-0.15, -0.1) is 0 Å². The van der Waals surface area contributed by atoms with Crippen LogP contribution in [0.1, 0.15) is 55.4 Å². The maximum absolute atomic E-state index is 12.8. The first-order chi connectivity index (χ1) is 8.87. The molecule has 0 radical (unpaired) electrons. The molecule has 0 heterocycles. The molecular weight excluding hydrogens is 321 g/mol. The largest absolute Gasteiger partial charge is 0.522 e. The third kappa shape index (κ3) is 4.45. The van der Waals surface area contributed by atoms with Gasteiger partial charge in [0.15, 0.2) is 0 Å². The maximum Gasteiger partial charge on any atom is 0.522 e. The van der Waals surface area contributed by atoms with Gasteiger partial charge in [-0.25, -0.2) is 0 Å². The lowest BCUT2D eigenvalue weighted by Crippen LogP contribution is -2.57. The van der Waals surface area contributed by atoms with Crippen LogP contribution in [0.3, 0.4) is 0 Å². The van der Waals surface area contributed by atoms with Crippen molar-refractivity contribution in [3.05, 3.63) is 0 Å². The van der Waals surface area contributed by atoms with Crippen LogP contribution in [0, 0.1) is 5.92 Å². The zero-order valence-electron chi connectivity index (χ0n) is 14.1. The summed E-state index contributed by atoms with van der Waals surface area (Å²) in [6.45, 7) is 14.3. The van der Waals surface area contributed by atoms with Crippen LogP contribution in [0.2, 0.25) is 16.1 Å². The van der Waals surface area contributed by atoms with Gasteiger partial charge >= 0.3 is 15.6 Å². The van der Waals surface area contributed by atoms with Crippen LogP contribution >= 0.6 is 0 Å². The van der Waals surface area contributed by atoms with Crippen molar-refractivity contribution < 1.29 is 25.5 Å². The molecule has 0 bridgehead atoms. The third-order valence-corrected chi connectivity index (χ3v) is 12.5. The summed E-state index contributed by atoms with van der Waals surface area (Å²) in [5, 5.41) is -1.32. The lowest BCUT2D eigenvalue weighted by molar-refractivity contribution is -0.0507. The lowest BCUT2D eigenvalue weighted by atomic mass is 10.2. The second-order valence-electron chi connectivity index (χ2n) is 7.91. The molecule has 0 N–H and O–H groups in total. The highest BCUT2D eigenvalue weighted by atomic mass is 32.2. The number of alkyl halides is 3. The Morgan fingerprint density at radius 2 is 1.29 bits per heavy atom. The van der Waals surface area contributed by atoms with E-state index in [4.69, 9.17) is 3.87 Å². The lowest BCUT2D eigenvalue weighted by Gasteiger charge is -2.50. The van der Waals surface area contributed by atoms with Gasteiger partial charge in [0.1, 0.15) is 0 Å². The van der Waals surface area contributed by atoms with Gasteiger partial charge in [0, 0.05) is 0 Å². The minimum absolute atomic E-state index is 0.0403. The first-order valence-electron chi connectivity index (χ1n) is 6.89. The zero-order valence-corrected chi connectivity index (χ0v) is 15.9. The summed E-state index contributed by atoms with van der Waals surface area (Å²) in [7, 11) is -8.92. The fourth-order valence-corrected chi connectivity index (χ4v) is 11.6. The van der Waals surface area contributed by atoms with E-state index in [1.54, 1.807) is 41.5 Å². The second kappa shape index (κ2) is 5.85. The van der Waals surface area contributed by atoms with Gasteiger partial charge in [0.05, 0.1) is 0 Å². The molecular formula is C13H27F3O3SSi. The first kappa shape index (κ1) is 20.9. The zero-order chi connectivity index (χ0) is 17.5. The summed E-state index contributed by atoms with van der Waals surface area (Å²) in [6, 6.07) is 0.343. The van der Waals surface area contributed by atoms with Crippen molar-refractivity contribution >= 4 is 18.4 Å². The predicted molar refractivity (Wildman–Crippen MR) is 80.9 cm³/mol. The Kier molecular flexibility index (Phi) is 5.82. The van der Waals surface area contributed by atoms with E-state index in [1.165, 1.54) is 0 Å². The first-order valence-corrected chi connectivity index (χ1v) is 10.4. The molecule has 0 atom stereocenters. The van der Waals surface area contributed by atoms with E-state index in [0.29, 0.717) is 6.04 Å². The normalized spacial score (nSPS) is 15.6. The quantitative estimate of drug-likeness (QED) is 0.527. The molecule has 0 spiro atoms. The van der Waals surface area contributed by atoms with E-state index in [1.807, 2.05) is 13.8 Å². The topological polar surface area (TPSA) is 43.4 Å². The summed E-state index contributed by atoms with van der Waals surface area (Å²) < 4.78 is 66.6. The summed E-state index contributed by atoms with van der Waals surface area (Å²) in [4.78, 5) is 0. The molecule has 0 fully saturated rings. The highest BCUT2D eigenvalue weighted by molar-refractivity contribution is 7.88. The van der Waals surface area contributed by atoms with E-state index in [0.717, 1.165) is 0 Å². The number of hydrogen-bond acceptors (Lipinski definition) is 3. The van der Waals surface area contributed by atoms with E-state index in [-0.39, 0.29) is 5.92 Å². The van der Waals surface area contributed by atoms with Gasteiger partial charge in [-0.3, -0.25) is 0 Å². The van der Waals surface area contributed by atoms with E-state index in [9.17, 15) is 21.6 Å². The van der Waals surface area contributed by atoms with Crippen molar-refractivity contribution in [1.82, 2.24) is 0 Å². The fourth-order valence-electron chi connectivity index (χ4n) is 2.83. The minimum Gasteiger partial charge on any atom is -0.307 e. The molecule has 0 aromatic heterocycles. The Labute approximate surface area is 127 Å². The van der Waals surface area contributed by atoms with Crippen LogP contribution in [-0.4, -0.2) is 22.2 Å². The van der Waals surface area contributed by atoms with E-state index in [2.05, 4.69) is 0 Å². The SMILES string of the molecule is CC(C)C[Si](OS(=O)(=O)C(F)(F)F)(C(C)(C)C)C(C)(C)C. The van der Waals surface area contributed by atoms with Crippen LogP contribution in [0.15, 0.2) is 0 Å². The highest BCUT2D eigenvalue weighted by Gasteiger charge is 2.62. The van der Waals surface area contributed by atoms with Crippen molar-refractivity contribution in [2.45, 2.75) is 77.0 Å². The van der Waals surface area contributed by atoms with Crippen LogP contribution in [-0.2, 0) is 14.0 Å². The number of rotatable bonds is 4. The van der Waals surface area contributed by atoms with Gasteiger partial charge in [-0.2, -0.15) is 21.6 Å². The average molecular weight is 349 g/mol. The number of hydrogen-bond donors (Lipinski definition) is 0. The Balaban J connectivity index is 6.19. The van der Waals surface area contributed by atoms with Gasteiger partial charge < -0.3 is 3.87 Å². The summed E-state index contributed by atoms with van der Waals surface area (Å²) in [5.74, 6) is 0.0403. The van der Waals surface area contributed by atoms with Crippen LogP contribution in [0.4, 0.5) is 13.2 Å². The smallest absolute Gasteiger partial charge is 0.307 e. The van der Waals surface area contributed by atoms with Gasteiger partial charge in [-0.1, -0.05) is 55.4 Å². The van der Waals surface area contributed by atoms with E-state index >= 15 is 0 Å². The van der Waals surface area contributed by atoms with Gasteiger partial charge in [0.25, 0.3) is 0 Å². The molecule has 0 unspecified atom stereocenters. The van der Waals surface area contributed by atoms with Crippen LogP contribution in [0.5, 0.6) is 0 Å². The maximum atomic E-state index is 12.8. The van der Waals surface area contributed by atoms with Crippen LogP contribution < -0.4 is 0 Å². The molecule has 0 rings (SSSR count). The molecule has 128 valence electrons. The minimum atomic E-state index is -5.61. The monoisotopic (exact) mass is 348 g/mol. The molecule has 0 aliphatic carbocycles. The van der Waals surface area contributed by atoms with Crippen molar-refractivity contribution in [1.29, 1.82) is 0 Å². The summed E-state index contributed by atoms with van der Waals surface area (Å²) in [5.41, 5.74) is -5.39. The molecule has 0 amide bonds. The summed E-state index contributed by atoms with van der Waals surface area (Å²) in [6.07, 6.45) is 0. The number of halogens is 3. The Morgan fingerprint density at radius 1 is 0.952 bits per heavy atom. The van der Waals surface area contributed by atoms with Crippen molar-refractivity contribution in [2.24, 2.45) is 5.92 Å². The average Bonchev–Trinajstić information content (AvgIpc) is 2.09. The molecule has 0 aromatic carbocycles. The second-order valence-corrected chi connectivity index (χ2v) is 15.0. The molecule has 21 heavy (non-hydrogen) atoms. The van der Waals surface area contributed by atoms with Crippen molar-refractivity contribution in [3.63, 3.8) is 0 Å². The van der Waals surface area contributed by atoms with Crippen LogP contribution in [0.25, 0.3) is 0 Å². The highest BCUT2D eigenvalue weighted by Crippen LogP contribution is 2.56. The molecule has 0 aromatic rings. The third-order valence-electron chi connectivity index (χ3n) is 3.65. The molecule has 0 aliphatic rings. The standard InChI is InChI=1S/C13H27F3O3SSi/c1-10(2)9-21(11(3,4)5,12(6,7)8)19-20(17,18)13(14,15)16/h10H,9H2,1-8H3. The Hall–Kier alpha value is -0.0831. The van der Waals surface area contributed by atoms with Crippen molar-refractivity contribution in [3.8, 4) is 0 Å². The van der Waals surface area contributed by atoms with Gasteiger partial charge in [0.2, 0.25) is 8.32 Å². The molecule has 0 saturated carbocycles. The summed E-state index contributed by atoms with van der Waals surface area (Å²) >= 11 is 0. The molecule has 8 heteroatoms. The van der Waals surface area contributed by atoms with Gasteiger partial charge in [-0.05, 0) is 22.0 Å². The fraction of sp³-hybridized carbons (Fsp3) is 1.00. The Morgan fingerprint density at radius 3 is 1.48 bits per heavy atom. The molecule has 0 aliphatic heterocycles. The van der Waals surface area contributed by atoms with E-state index < -0.39 is 34.0 Å². The molecule has 3 nitrogen and oxygen atoms in total. The van der Waals surface area contributed by atoms with Crippen molar-refractivity contribution in [2.75, 3.05) is 0 Å². The Bertz CT molecular complexity index is 443. The molecule has 0 saturated heterocycles.